The smallest absolute Gasteiger partial charge is 0.303 e. The van der Waals surface area contributed by atoms with Gasteiger partial charge in [-0.1, -0.05) is 18.0 Å². The van der Waals surface area contributed by atoms with Crippen molar-refractivity contribution in [3.8, 4) is 5.69 Å². The molecule has 2 aromatic rings. The van der Waals surface area contributed by atoms with Crippen LogP contribution < -0.4 is 5.69 Å². The number of likely N-dealkylation sites (tertiary alicyclic amines) is 1. The topological polar surface area (TPSA) is 43.1 Å². The summed E-state index contributed by atoms with van der Waals surface area (Å²) in [5.41, 5.74) is 0.692. The van der Waals surface area contributed by atoms with E-state index in [0.717, 1.165) is 18.7 Å². The third kappa shape index (κ3) is 3.59. The Hall–Kier alpha value is -1.59. The maximum atomic E-state index is 12.4. The normalized spacial score (nSPS) is 16.0. The maximum absolute atomic E-state index is 12.4. The van der Waals surface area contributed by atoms with Crippen molar-refractivity contribution in [2.45, 2.75) is 32.2 Å². The Morgan fingerprint density at radius 3 is 2.50 bits per heavy atom. The molecule has 118 valence electrons. The molecular formula is C16H21ClN4O. The first-order valence-corrected chi connectivity index (χ1v) is 8.24. The summed E-state index contributed by atoms with van der Waals surface area (Å²) in [6.45, 7) is 4.08. The summed E-state index contributed by atoms with van der Waals surface area (Å²) in [7, 11) is 0. The first kappa shape index (κ1) is 15.3. The summed E-state index contributed by atoms with van der Waals surface area (Å²) in [4.78, 5) is 14.8. The largest absolute Gasteiger partial charge is 0.350 e. The number of aromatic nitrogens is 3. The molecule has 1 aromatic carbocycles. The highest BCUT2D eigenvalue weighted by Gasteiger charge is 2.11. The van der Waals surface area contributed by atoms with Crippen LogP contribution in [0.3, 0.4) is 0 Å². The second kappa shape index (κ2) is 7.11. The van der Waals surface area contributed by atoms with Crippen molar-refractivity contribution in [1.29, 1.82) is 0 Å². The molecule has 1 aromatic heterocycles. The lowest BCUT2D eigenvalue weighted by molar-refractivity contribution is 0.221. The molecule has 0 N–H and O–H groups in total. The minimum atomic E-state index is -0.0963. The standard InChI is InChI=1S/C16H21ClN4O/c17-14-5-7-15(8-6-14)20-13-18-21(16(20)22)12-4-11-19-9-2-1-3-10-19/h5-8,13H,1-4,9-12H2. The summed E-state index contributed by atoms with van der Waals surface area (Å²) >= 11 is 5.87. The zero-order chi connectivity index (χ0) is 15.4. The molecule has 1 aliphatic heterocycles. The van der Waals surface area contributed by atoms with E-state index in [0.29, 0.717) is 11.6 Å². The average molecular weight is 321 g/mol. The van der Waals surface area contributed by atoms with Crippen molar-refractivity contribution >= 4 is 11.6 Å². The van der Waals surface area contributed by atoms with Crippen molar-refractivity contribution in [2.75, 3.05) is 19.6 Å². The van der Waals surface area contributed by atoms with Gasteiger partial charge in [-0.05, 0) is 63.2 Å². The molecule has 0 radical (unpaired) electrons. The molecule has 2 heterocycles. The molecule has 0 aliphatic carbocycles. The lowest BCUT2D eigenvalue weighted by atomic mass is 10.1. The first-order chi connectivity index (χ1) is 10.7. The van der Waals surface area contributed by atoms with Gasteiger partial charge < -0.3 is 4.90 Å². The molecule has 0 unspecified atom stereocenters. The Kier molecular flexibility index (Phi) is 4.95. The molecular weight excluding hydrogens is 300 g/mol. The SMILES string of the molecule is O=c1n(-c2ccc(Cl)cc2)cnn1CCCN1CCCCC1. The van der Waals surface area contributed by atoms with Gasteiger partial charge in [0.1, 0.15) is 6.33 Å². The maximum Gasteiger partial charge on any atom is 0.350 e. The van der Waals surface area contributed by atoms with E-state index in [-0.39, 0.29) is 5.69 Å². The number of nitrogens with zero attached hydrogens (tertiary/aromatic N) is 4. The Morgan fingerprint density at radius 1 is 1.05 bits per heavy atom. The molecule has 1 aliphatic rings. The van der Waals surface area contributed by atoms with Crippen LogP contribution in [-0.4, -0.2) is 38.9 Å². The summed E-state index contributed by atoms with van der Waals surface area (Å²) in [5, 5.41) is 4.87. The fraction of sp³-hybridized carbons (Fsp3) is 0.500. The number of piperidine rings is 1. The minimum Gasteiger partial charge on any atom is -0.303 e. The van der Waals surface area contributed by atoms with E-state index in [1.54, 1.807) is 27.7 Å². The molecule has 3 rings (SSSR count). The van der Waals surface area contributed by atoms with E-state index >= 15 is 0 Å². The Morgan fingerprint density at radius 2 is 1.77 bits per heavy atom. The van der Waals surface area contributed by atoms with Gasteiger partial charge in [0.2, 0.25) is 0 Å². The van der Waals surface area contributed by atoms with Crippen LogP contribution in [0.15, 0.2) is 35.4 Å². The fourth-order valence-corrected chi connectivity index (χ4v) is 3.02. The third-order valence-electron chi connectivity index (χ3n) is 4.13. The second-order valence-corrected chi connectivity index (χ2v) is 6.18. The quantitative estimate of drug-likeness (QED) is 0.850. The molecule has 0 atom stereocenters. The van der Waals surface area contributed by atoms with Crippen LogP contribution in [0.5, 0.6) is 0 Å². The van der Waals surface area contributed by atoms with Crippen LogP contribution >= 0.6 is 11.6 Å². The molecule has 0 spiro atoms. The van der Waals surface area contributed by atoms with Crippen LogP contribution in [0.2, 0.25) is 5.02 Å². The van der Waals surface area contributed by atoms with E-state index in [1.165, 1.54) is 32.4 Å². The third-order valence-corrected chi connectivity index (χ3v) is 4.38. The summed E-state index contributed by atoms with van der Waals surface area (Å²) in [6.07, 6.45) is 6.47. The van der Waals surface area contributed by atoms with Gasteiger partial charge in [-0.2, -0.15) is 5.10 Å². The fourth-order valence-electron chi connectivity index (χ4n) is 2.90. The highest BCUT2D eigenvalue weighted by molar-refractivity contribution is 6.30. The van der Waals surface area contributed by atoms with Crippen LogP contribution in [-0.2, 0) is 6.54 Å². The molecule has 0 amide bonds. The number of halogens is 1. The number of benzene rings is 1. The molecule has 22 heavy (non-hydrogen) atoms. The van der Waals surface area contributed by atoms with Crippen molar-refractivity contribution < 1.29 is 0 Å². The van der Waals surface area contributed by atoms with Gasteiger partial charge in [-0.3, -0.25) is 0 Å². The van der Waals surface area contributed by atoms with E-state index in [2.05, 4.69) is 10.00 Å². The van der Waals surface area contributed by atoms with Gasteiger partial charge in [-0.15, -0.1) is 0 Å². The van der Waals surface area contributed by atoms with E-state index < -0.39 is 0 Å². The zero-order valence-electron chi connectivity index (χ0n) is 12.6. The van der Waals surface area contributed by atoms with Gasteiger partial charge in [-0.25, -0.2) is 14.0 Å². The monoisotopic (exact) mass is 320 g/mol. The van der Waals surface area contributed by atoms with Crippen LogP contribution in [0.4, 0.5) is 0 Å². The lowest BCUT2D eigenvalue weighted by Gasteiger charge is -2.26. The number of hydrogen-bond donors (Lipinski definition) is 0. The van der Waals surface area contributed by atoms with Crippen LogP contribution in [0.25, 0.3) is 5.69 Å². The van der Waals surface area contributed by atoms with E-state index in [4.69, 9.17) is 11.6 Å². The molecule has 1 fully saturated rings. The summed E-state index contributed by atoms with van der Waals surface area (Å²) < 4.78 is 3.09. The van der Waals surface area contributed by atoms with Crippen LogP contribution in [0.1, 0.15) is 25.7 Å². The number of hydrogen-bond acceptors (Lipinski definition) is 3. The number of rotatable bonds is 5. The summed E-state index contributed by atoms with van der Waals surface area (Å²) in [6, 6.07) is 7.20. The second-order valence-electron chi connectivity index (χ2n) is 5.74. The molecule has 6 heteroatoms. The predicted octanol–water partition coefficient (Wildman–Crippen LogP) is 2.56. The minimum absolute atomic E-state index is 0.0963. The van der Waals surface area contributed by atoms with E-state index in [9.17, 15) is 4.79 Å². The van der Waals surface area contributed by atoms with Gasteiger partial charge in [0.05, 0.1) is 5.69 Å². The highest BCUT2D eigenvalue weighted by Crippen LogP contribution is 2.12. The van der Waals surface area contributed by atoms with E-state index in [1.807, 2.05) is 12.1 Å². The van der Waals surface area contributed by atoms with Crippen molar-refractivity contribution in [3.63, 3.8) is 0 Å². The Bertz CT molecular complexity index is 656. The zero-order valence-corrected chi connectivity index (χ0v) is 13.4. The van der Waals surface area contributed by atoms with Gasteiger partial charge >= 0.3 is 5.69 Å². The van der Waals surface area contributed by atoms with Gasteiger partial charge in [0.25, 0.3) is 0 Å². The lowest BCUT2D eigenvalue weighted by Crippen LogP contribution is -2.32. The molecule has 0 bridgehead atoms. The van der Waals surface area contributed by atoms with Gasteiger partial charge in [0, 0.05) is 11.6 Å². The van der Waals surface area contributed by atoms with Crippen molar-refractivity contribution in [1.82, 2.24) is 19.2 Å². The first-order valence-electron chi connectivity index (χ1n) is 7.87. The Balaban J connectivity index is 1.61. The molecule has 5 nitrogen and oxygen atoms in total. The van der Waals surface area contributed by atoms with Crippen LogP contribution in [0, 0.1) is 0 Å². The van der Waals surface area contributed by atoms with Crippen molar-refractivity contribution in [2.24, 2.45) is 0 Å². The summed E-state index contributed by atoms with van der Waals surface area (Å²) in [5.74, 6) is 0. The average Bonchev–Trinajstić information content (AvgIpc) is 2.90. The van der Waals surface area contributed by atoms with Crippen molar-refractivity contribution in [3.05, 3.63) is 46.1 Å². The predicted molar refractivity (Wildman–Crippen MR) is 87.7 cm³/mol. The molecule has 1 saturated heterocycles. The Labute approximate surface area is 135 Å². The highest BCUT2D eigenvalue weighted by atomic mass is 35.5. The number of aryl methyl sites for hydroxylation is 1. The van der Waals surface area contributed by atoms with Gasteiger partial charge in [0.15, 0.2) is 0 Å². The molecule has 0 saturated carbocycles.